The first-order valence-corrected chi connectivity index (χ1v) is 11.0. The molecule has 1 atom stereocenters. The molecule has 1 heterocycles. The van der Waals surface area contributed by atoms with E-state index in [1.807, 2.05) is 55.5 Å². The molecule has 3 aromatic carbocycles. The number of anilines is 1. The van der Waals surface area contributed by atoms with Gasteiger partial charge in [0.05, 0.1) is 5.41 Å². The fourth-order valence-corrected chi connectivity index (χ4v) is 4.38. The van der Waals surface area contributed by atoms with E-state index in [1.165, 1.54) is 0 Å². The van der Waals surface area contributed by atoms with Crippen molar-refractivity contribution in [2.75, 3.05) is 5.32 Å². The van der Waals surface area contributed by atoms with Crippen molar-refractivity contribution in [2.45, 2.75) is 38.5 Å². The summed E-state index contributed by atoms with van der Waals surface area (Å²) in [6.07, 6.45) is 2.85. The zero-order valence-corrected chi connectivity index (χ0v) is 18.7. The van der Waals surface area contributed by atoms with E-state index < -0.39 is 11.4 Å². The van der Waals surface area contributed by atoms with Crippen LogP contribution in [-0.4, -0.2) is 22.0 Å². The number of amides is 1. The van der Waals surface area contributed by atoms with Crippen molar-refractivity contribution < 1.29 is 19.1 Å². The van der Waals surface area contributed by atoms with E-state index in [2.05, 4.69) is 35.4 Å². The minimum absolute atomic E-state index is 0.107. The molecule has 2 N–H and O–H groups in total. The van der Waals surface area contributed by atoms with Gasteiger partial charge in [-0.25, -0.2) is 9.78 Å². The molecule has 0 radical (unpaired) electrons. The van der Waals surface area contributed by atoms with E-state index in [1.54, 1.807) is 0 Å². The van der Waals surface area contributed by atoms with Gasteiger partial charge in [-0.05, 0) is 41.3 Å². The van der Waals surface area contributed by atoms with Gasteiger partial charge in [-0.3, -0.25) is 4.79 Å². The molecule has 0 bridgehead atoms. The van der Waals surface area contributed by atoms with Crippen LogP contribution in [0.1, 0.15) is 54.1 Å². The van der Waals surface area contributed by atoms with Gasteiger partial charge < -0.3 is 14.8 Å². The number of oxazole rings is 1. The summed E-state index contributed by atoms with van der Waals surface area (Å²) in [7, 11) is 0. The maximum Gasteiger partial charge on any atom is 0.358 e. The largest absolute Gasteiger partial charge is 0.476 e. The molecule has 0 aliphatic heterocycles. The Morgan fingerprint density at radius 1 is 1.03 bits per heavy atom. The predicted octanol–water partition coefficient (Wildman–Crippen LogP) is 5.81. The monoisotopic (exact) mass is 442 g/mol. The summed E-state index contributed by atoms with van der Waals surface area (Å²) in [6.45, 7) is 4.05. The molecule has 0 aliphatic rings. The number of benzene rings is 3. The zero-order valence-electron chi connectivity index (χ0n) is 18.7. The average molecular weight is 443 g/mol. The number of nitrogens with zero attached hydrogens (tertiary/aromatic N) is 1. The lowest BCUT2D eigenvalue weighted by Crippen LogP contribution is -2.38. The van der Waals surface area contributed by atoms with Crippen LogP contribution in [0.4, 0.5) is 5.69 Å². The highest BCUT2D eigenvalue weighted by atomic mass is 16.4. The number of carboxylic acids is 1. The van der Waals surface area contributed by atoms with Crippen molar-refractivity contribution >= 4 is 28.3 Å². The molecule has 6 heteroatoms. The molecule has 0 fully saturated rings. The topological polar surface area (TPSA) is 92.4 Å². The second-order valence-corrected chi connectivity index (χ2v) is 8.33. The molecule has 0 saturated heterocycles. The molecule has 1 amide bonds. The van der Waals surface area contributed by atoms with Crippen LogP contribution in [0, 0.1) is 0 Å². The maximum absolute atomic E-state index is 13.8. The van der Waals surface area contributed by atoms with Crippen LogP contribution in [0.2, 0.25) is 0 Å². The number of hydrogen-bond donors (Lipinski definition) is 2. The van der Waals surface area contributed by atoms with Crippen LogP contribution in [-0.2, 0) is 16.6 Å². The number of rotatable bonds is 8. The van der Waals surface area contributed by atoms with Crippen LogP contribution in [0.3, 0.4) is 0 Å². The van der Waals surface area contributed by atoms with Crippen molar-refractivity contribution in [1.82, 2.24) is 4.98 Å². The zero-order chi connectivity index (χ0) is 23.4. The fourth-order valence-electron chi connectivity index (χ4n) is 4.38. The number of aromatic nitrogens is 1. The van der Waals surface area contributed by atoms with E-state index in [9.17, 15) is 14.7 Å². The van der Waals surface area contributed by atoms with Gasteiger partial charge in [0, 0.05) is 12.1 Å². The van der Waals surface area contributed by atoms with Gasteiger partial charge in [0.2, 0.25) is 5.91 Å². The van der Waals surface area contributed by atoms with Crippen molar-refractivity contribution in [3.63, 3.8) is 0 Å². The van der Waals surface area contributed by atoms with Crippen LogP contribution < -0.4 is 5.32 Å². The number of carbonyl (C=O) groups excluding carboxylic acids is 1. The molecule has 33 heavy (non-hydrogen) atoms. The molecule has 0 saturated carbocycles. The highest BCUT2D eigenvalue weighted by Crippen LogP contribution is 2.36. The Balaban J connectivity index is 1.69. The lowest BCUT2D eigenvalue weighted by atomic mass is 9.75. The highest BCUT2D eigenvalue weighted by molar-refractivity contribution is 6.02. The quantitative estimate of drug-likeness (QED) is 0.359. The first-order valence-electron chi connectivity index (χ1n) is 11.0. The highest BCUT2D eigenvalue weighted by Gasteiger charge is 2.36. The molecule has 4 aromatic rings. The van der Waals surface area contributed by atoms with E-state index in [4.69, 9.17) is 4.42 Å². The van der Waals surface area contributed by atoms with Crippen LogP contribution in [0.25, 0.3) is 10.8 Å². The number of nitrogens with one attached hydrogen (secondary N) is 1. The summed E-state index contributed by atoms with van der Waals surface area (Å²) < 4.78 is 5.31. The number of hydrogen-bond acceptors (Lipinski definition) is 4. The van der Waals surface area contributed by atoms with Gasteiger partial charge in [-0.2, -0.15) is 0 Å². The van der Waals surface area contributed by atoms with E-state index in [0.717, 1.165) is 34.7 Å². The van der Waals surface area contributed by atoms with Gasteiger partial charge in [0.25, 0.3) is 0 Å². The van der Waals surface area contributed by atoms with Gasteiger partial charge >= 0.3 is 5.97 Å². The first-order chi connectivity index (χ1) is 15.9. The first kappa shape index (κ1) is 22.3. The molecule has 168 valence electrons. The molecule has 0 aliphatic carbocycles. The molecule has 0 spiro atoms. The summed E-state index contributed by atoms with van der Waals surface area (Å²) in [5.41, 5.74) is 1.49. The molecular weight excluding hydrogens is 416 g/mol. The summed E-state index contributed by atoms with van der Waals surface area (Å²) in [4.78, 5) is 28.9. The normalized spacial score (nSPS) is 12.9. The number of carbonyl (C=O) groups is 2. The van der Waals surface area contributed by atoms with Crippen molar-refractivity contribution in [3.8, 4) is 0 Å². The van der Waals surface area contributed by atoms with E-state index in [-0.39, 0.29) is 23.8 Å². The number of para-hydroxylation sites is 1. The predicted molar refractivity (Wildman–Crippen MR) is 128 cm³/mol. The van der Waals surface area contributed by atoms with Crippen molar-refractivity contribution in [3.05, 3.63) is 95.7 Å². The molecule has 1 unspecified atom stereocenters. The standard InChI is InChI=1S/C27H26N2O4/c1-3-15-27(2,21-13-8-11-18-9-4-6-12-20(18)21)26(32)29-22-14-7-5-10-19(22)16-23-24(25(30)31)28-17-33-23/h4-14,17H,3,15-16H2,1-2H3,(H,29,32)(H,30,31). The molecule has 4 rings (SSSR count). The summed E-state index contributed by atoms with van der Waals surface area (Å²) in [5, 5.41) is 14.6. The van der Waals surface area contributed by atoms with Crippen LogP contribution in [0.15, 0.2) is 77.5 Å². The molecular formula is C27H26N2O4. The second kappa shape index (κ2) is 9.28. The summed E-state index contributed by atoms with van der Waals surface area (Å²) >= 11 is 0. The Bertz CT molecular complexity index is 1300. The van der Waals surface area contributed by atoms with Crippen molar-refractivity contribution in [2.24, 2.45) is 0 Å². The Kier molecular flexibility index (Phi) is 6.27. The third-order valence-electron chi connectivity index (χ3n) is 6.10. The van der Waals surface area contributed by atoms with Gasteiger partial charge in [0.15, 0.2) is 12.1 Å². The Hall–Kier alpha value is -3.93. The average Bonchev–Trinajstić information content (AvgIpc) is 3.28. The lowest BCUT2D eigenvalue weighted by Gasteiger charge is -2.30. The van der Waals surface area contributed by atoms with Gasteiger partial charge in [0.1, 0.15) is 5.76 Å². The minimum atomic E-state index is -1.15. The van der Waals surface area contributed by atoms with Crippen LogP contribution >= 0.6 is 0 Å². The maximum atomic E-state index is 13.8. The Morgan fingerprint density at radius 2 is 1.76 bits per heavy atom. The number of fused-ring (bicyclic) bond motifs is 1. The number of carboxylic acid groups (broad SMARTS) is 1. The SMILES string of the molecule is CCCC(C)(C(=O)Nc1ccccc1Cc1ocnc1C(=O)O)c1cccc2ccccc12. The van der Waals surface area contributed by atoms with E-state index >= 15 is 0 Å². The Labute approximate surface area is 192 Å². The Morgan fingerprint density at radius 3 is 2.55 bits per heavy atom. The van der Waals surface area contributed by atoms with Gasteiger partial charge in [-0.15, -0.1) is 0 Å². The molecule has 6 nitrogen and oxygen atoms in total. The summed E-state index contributed by atoms with van der Waals surface area (Å²) in [5.74, 6) is -1.01. The number of aromatic carboxylic acids is 1. The smallest absolute Gasteiger partial charge is 0.358 e. The molecule has 1 aromatic heterocycles. The summed E-state index contributed by atoms with van der Waals surface area (Å²) in [6, 6.07) is 21.5. The third-order valence-corrected chi connectivity index (χ3v) is 6.10. The lowest BCUT2D eigenvalue weighted by molar-refractivity contribution is -0.121. The van der Waals surface area contributed by atoms with Crippen molar-refractivity contribution in [1.29, 1.82) is 0 Å². The third kappa shape index (κ3) is 4.37. The minimum Gasteiger partial charge on any atom is -0.476 e. The van der Waals surface area contributed by atoms with Gasteiger partial charge in [-0.1, -0.05) is 74.0 Å². The second-order valence-electron chi connectivity index (χ2n) is 8.33. The fraction of sp³-hybridized carbons (Fsp3) is 0.222. The van der Waals surface area contributed by atoms with E-state index in [0.29, 0.717) is 12.1 Å². The van der Waals surface area contributed by atoms with Crippen LogP contribution in [0.5, 0.6) is 0 Å².